The Morgan fingerprint density at radius 3 is 2.26 bits per heavy atom. The van der Waals surface area contributed by atoms with E-state index >= 15 is 0 Å². The number of carbonyl (C=O) groups is 3. The van der Waals surface area contributed by atoms with Gasteiger partial charge in [-0.1, -0.05) is 61.9 Å². The van der Waals surface area contributed by atoms with Gasteiger partial charge in [0, 0.05) is 5.92 Å². The first kappa shape index (κ1) is 23.8. The molecule has 0 aromatic heterocycles. The molecule has 1 aliphatic carbocycles. The van der Waals surface area contributed by atoms with Gasteiger partial charge in [0.1, 0.15) is 12.1 Å². The van der Waals surface area contributed by atoms with Crippen LogP contribution in [0, 0.1) is 5.92 Å². The van der Waals surface area contributed by atoms with Crippen LogP contribution < -0.4 is 10.6 Å². The van der Waals surface area contributed by atoms with Crippen molar-refractivity contribution in [2.24, 2.45) is 5.92 Å². The molecule has 2 aromatic carbocycles. The second-order valence-electron chi connectivity index (χ2n) is 9.10. The Kier molecular flexibility index (Phi) is 6.88. The number of amides is 2. The van der Waals surface area contributed by atoms with Gasteiger partial charge in [-0.2, -0.15) is 0 Å². The third kappa shape index (κ3) is 4.63. The summed E-state index contributed by atoms with van der Waals surface area (Å²) in [5, 5.41) is 14.9. The molecule has 2 aromatic rings. The van der Waals surface area contributed by atoms with E-state index in [1.807, 2.05) is 43.3 Å². The third-order valence-electron chi connectivity index (χ3n) is 6.69. The number of nitrogens with one attached hydrogen (secondary N) is 2. The average Bonchev–Trinajstić information content (AvgIpc) is 3.40. The van der Waals surface area contributed by atoms with Crippen LogP contribution >= 0.6 is 0 Å². The first-order valence-corrected chi connectivity index (χ1v) is 11.6. The fraction of sp³-hybridized carbons (Fsp3) is 0.423. The summed E-state index contributed by atoms with van der Waals surface area (Å²) in [5.41, 5.74) is 3.13. The number of benzene rings is 2. The number of hydrogen-bond acceptors (Lipinski definition) is 5. The number of alkyl carbamates (subject to hydrolysis) is 1. The maximum Gasteiger partial charge on any atom is 0.407 e. The number of rotatable bonds is 8. The van der Waals surface area contributed by atoms with Crippen LogP contribution in [0.25, 0.3) is 11.1 Å². The third-order valence-corrected chi connectivity index (χ3v) is 6.69. The highest BCUT2D eigenvalue weighted by Gasteiger charge is 2.41. The molecule has 2 aliphatic rings. The number of aliphatic carboxylic acids is 1. The van der Waals surface area contributed by atoms with E-state index < -0.39 is 35.5 Å². The highest BCUT2D eigenvalue weighted by Crippen LogP contribution is 2.44. The Bertz CT molecular complexity index is 1040. The fourth-order valence-corrected chi connectivity index (χ4v) is 4.83. The number of hydrogen-bond donors (Lipinski definition) is 3. The zero-order valence-electron chi connectivity index (χ0n) is 19.4. The average molecular weight is 467 g/mol. The summed E-state index contributed by atoms with van der Waals surface area (Å²) in [7, 11) is 0. The summed E-state index contributed by atoms with van der Waals surface area (Å²) in [5.74, 6) is -2.32. The zero-order chi connectivity index (χ0) is 24.3. The molecule has 2 amide bonds. The van der Waals surface area contributed by atoms with Crippen molar-refractivity contribution < 1.29 is 29.0 Å². The lowest BCUT2D eigenvalue weighted by molar-refractivity contribution is -0.148. The summed E-state index contributed by atoms with van der Waals surface area (Å²) < 4.78 is 11.0. The summed E-state index contributed by atoms with van der Waals surface area (Å²) >= 11 is 0. The molecule has 3 unspecified atom stereocenters. The second-order valence-corrected chi connectivity index (χ2v) is 9.10. The molecule has 8 nitrogen and oxygen atoms in total. The lowest BCUT2D eigenvalue weighted by atomic mass is 9.94. The van der Waals surface area contributed by atoms with Crippen molar-refractivity contribution in [2.75, 3.05) is 19.8 Å². The van der Waals surface area contributed by atoms with E-state index in [9.17, 15) is 19.5 Å². The van der Waals surface area contributed by atoms with Crippen LogP contribution in [0.15, 0.2) is 48.5 Å². The minimum Gasteiger partial charge on any atom is -0.480 e. The lowest BCUT2D eigenvalue weighted by Crippen LogP contribution is -2.56. The highest BCUT2D eigenvalue weighted by atomic mass is 16.5. The topological polar surface area (TPSA) is 114 Å². The highest BCUT2D eigenvalue weighted by molar-refractivity contribution is 5.88. The van der Waals surface area contributed by atoms with Gasteiger partial charge in [-0.05, 0) is 35.6 Å². The molecule has 0 bridgehead atoms. The Balaban J connectivity index is 1.38. The molecule has 8 heteroatoms. The van der Waals surface area contributed by atoms with Crippen LogP contribution in [-0.2, 0) is 19.1 Å². The van der Waals surface area contributed by atoms with Crippen molar-refractivity contribution >= 4 is 18.0 Å². The van der Waals surface area contributed by atoms with E-state index in [1.54, 1.807) is 0 Å². The Morgan fingerprint density at radius 2 is 1.68 bits per heavy atom. The Labute approximate surface area is 198 Å². The summed E-state index contributed by atoms with van der Waals surface area (Å²) in [6.45, 7) is 3.76. The molecule has 180 valence electrons. The van der Waals surface area contributed by atoms with E-state index in [-0.39, 0.29) is 25.7 Å². The molecule has 1 heterocycles. The van der Waals surface area contributed by atoms with Gasteiger partial charge in [0.25, 0.3) is 0 Å². The van der Waals surface area contributed by atoms with Crippen LogP contribution in [0.1, 0.15) is 43.7 Å². The van der Waals surface area contributed by atoms with Crippen LogP contribution in [0.3, 0.4) is 0 Å². The van der Waals surface area contributed by atoms with Crippen LogP contribution in [-0.4, -0.2) is 54.5 Å². The SMILES string of the molecule is CCCC(C)(NC(=O)C1COCC1NC(=O)OCC1c2ccccc2-c2ccccc21)C(=O)O. The maximum absolute atomic E-state index is 12.8. The lowest BCUT2D eigenvalue weighted by Gasteiger charge is -2.28. The quantitative estimate of drug-likeness (QED) is 0.550. The Morgan fingerprint density at radius 1 is 1.06 bits per heavy atom. The van der Waals surface area contributed by atoms with Gasteiger partial charge in [-0.3, -0.25) is 4.79 Å². The van der Waals surface area contributed by atoms with Crippen LogP contribution in [0.4, 0.5) is 4.79 Å². The van der Waals surface area contributed by atoms with Gasteiger partial charge in [-0.25, -0.2) is 9.59 Å². The number of carbonyl (C=O) groups excluding carboxylic acids is 2. The zero-order valence-corrected chi connectivity index (χ0v) is 19.4. The van der Waals surface area contributed by atoms with Crippen molar-refractivity contribution in [1.82, 2.24) is 10.6 Å². The molecule has 4 rings (SSSR count). The van der Waals surface area contributed by atoms with Crippen molar-refractivity contribution in [3.63, 3.8) is 0 Å². The van der Waals surface area contributed by atoms with Gasteiger partial charge in [-0.15, -0.1) is 0 Å². The standard InChI is InChI=1S/C26H30N2O6/c1-3-12-26(2,24(30)31)28-23(29)21-13-33-15-22(21)27-25(32)34-14-20-18-10-6-4-8-16(18)17-9-5-7-11-19(17)20/h4-11,20-22H,3,12-15H2,1-2H3,(H,27,32)(H,28,29)(H,30,31). The first-order chi connectivity index (χ1) is 16.3. The first-order valence-electron chi connectivity index (χ1n) is 11.6. The van der Waals surface area contributed by atoms with Crippen LogP contribution in [0.2, 0.25) is 0 Å². The van der Waals surface area contributed by atoms with Crippen molar-refractivity contribution in [2.45, 2.75) is 44.2 Å². The minimum absolute atomic E-state index is 0.0672. The molecule has 0 spiro atoms. The van der Waals surface area contributed by atoms with Gasteiger partial charge in [0.15, 0.2) is 0 Å². The fourth-order valence-electron chi connectivity index (χ4n) is 4.83. The van der Waals surface area contributed by atoms with Gasteiger partial charge >= 0.3 is 12.1 Å². The van der Waals surface area contributed by atoms with Crippen molar-refractivity contribution in [3.05, 3.63) is 59.7 Å². The normalized spacial score (nSPS) is 20.6. The number of ether oxygens (including phenoxy) is 2. The number of carboxylic acids is 1. The molecule has 1 fully saturated rings. The largest absolute Gasteiger partial charge is 0.480 e. The van der Waals surface area contributed by atoms with Crippen LogP contribution in [0.5, 0.6) is 0 Å². The molecule has 3 N–H and O–H groups in total. The maximum atomic E-state index is 12.8. The van der Waals surface area contributed by atoms with Gasteiger partial charge in [0.05, 0.1) is 25.2 Å². The van der Waals surface area contributed by atoms with E-state index in [0.29, 0.717) is 12.8 Å². The van der Waals surface area contributed by atoms with Gasteiger partial charge < -0.3 is 25.2 Å². The van der Waals surface area contributed by atoms with Crippen molar-refractivity contribution in [1.29, 1.82) is 0 Å². The van der Waals surface area contributed by atoms with Gasteiger partial charge in [0.2, 0.25) is 5.91 Å². The number of carboxylic acid groups (broad SMARTS) is 1. The molecule has 0 saturated carbocycles. The summed E-state index contributed by atoms with van der Waals surface area (Å²) in [4.78, 5) is 37.1. The molecular formula is C26H30N2O6. The van der Waals surface area contributed by atoms with E-state index in [0.717, 1.165) is 22.3 Å². The molecular weight excluding hydrogens is 436 g/mol. The molecule has 34 heavy (non-hydrogen) atoms. The smallest absolute Gasteiger partial charge is 0.407 e. The van der Waals surface area contributed by atoms with E-state index in [2.05, 4.69) is 22.8 Å². The predicted octanol–water partition coefficient (Wildman–Crippen LogP) is 3.30. The number of fused-ring (bicyclic) bond motifs is 3. The summed E-state index contributed by atoms with van der Waals surface area (Å²) in [6, 6.07) is 15.5. The Hall–Kier alpha value is -3.39. The van der Waals surface area contributed by atoms with E-state index in [4.69, 9.17) is 9.47 Å². The summed E-state index contributed by atoms with van der Waals surface area (Å²) in [6.07, 6.45) is 0.266. The minimum atomic E-state index is -1.37. The molecule has 3 atom stereocenters. The molecule has 1 aliphatic heterocycles. The monoisotopic (exact) mass is 466 g/mol. The molecule has 0 radical (unpaired) electrons. The predicted molar refractivity (Wildman–Crippen MR) is 125 cm³/mol. The van der Waals surface area contributed by atoms with E-state index in [1.165, 1.54) is 6.92 Å². The second kappa shape index (κ2) is 9.85. The molecule has 1 saturated heterocycles. The van der Waals surface area contributed by atoms with Crippen molar-refractivity contribution in [3.8, 4) is 11.1 Å².